The number of hydrazone groups is 1. The van der Waals surface area contributed by atoms with Gasteiger partial charge in [0, 0.05) is 10.8 Å². The Balaban J connectivity index is 1.78. The van der Waals surface area contributed by atoms with E-state index < -0.39 is 0 Å². The number of nitrogens with zero attached hydrogens (tertiary/aromatic N) is 1. The number of hydrogen-bond acceptors (Lipinski definition) is 3. The molecule has 1 aromatic rings. The molecule has 1 N–H and O–H groups in total. The van der Waals surface area contributed by atoms with Crippen LogP contribution in [0.1, 0.15) is 37.0 Å². The zero-order chi connectivity index (χ0) is 11.2. The van der Waals surface area contributed by atoms with Gasteiger partial charge in [0.2, 0.25) is 5.91 Å². The highest BCUT2D eigenvalue weighted by molar-refractivity contribution is 7.11. The molecule has 0 aliphatic heterocycles. The first-order valence-corrected chi connectivity index (χ1v) is 6.60. The number of carbonyl (C=O) groups excluding carboxylic acids is 1. The van der Waals surface area contributed by atoms with E-state index in [9.17, 15) is 4.79 Å². The van der Waals surface area contributed by atoms with Crippen LogP contribution in [0.15, 0.2) is 22.6 Å². The van der Waals surface area contributed by atoms with Crippen molar-refractivity contribution in [2.45, 2.75) is 32.1 Å². The molecule has 1 heterocycles. The molecule has 1 saturated carbocycles. The van der Waals surface area contributed by atoms with Gasteiger partial charge in [0.15, 0.2) is 0 Å². The van der Waals surface area contributed by atoms with Crippen LogP contribution in [0.4, 0.5) is 0 Å². The predicted octanol–water partition coefficient (Wildman–Crippen LogP) is 2.78. The summed E-state index contributed by atoms with van der Waals surface area (Å²) < 4.78 is 0. The molecule has 1 fully saturated rings. The molecular weight excluding hydrogens is 220 g/mol. The van der Waals surface area contributed by atoms with Crippen LogP contribution < -0.4 is 5.43 Å². The lowest BCUT2D eigenvalue weighted by Crippen LogP contribution is -2.28. The second-order valence-corrected chi connectivity index (χ2v) is 5.06. The summed E-state index contributed by atoms with van der Waals surface area (Å²) in [6.07, 6.45) is 7.34. The van der Waals surface area contributed by atoms with Gasteiger partial charge < -0.3 is 0 Å². The maximum absolute atomic E-state index is 11.7. The van der Waals surface area contributed by atoms with Crippen LogP contribution in [-0.4, -0.2) is 12.1 Å². The molecule has 0 saturated heterocycles. The zero-order valence-electron chi connectivity index (χ0n) is 9.19. The SMILES string of the molecule is O=C(N/N=C\c1cccs1)C1CCCCC1. The van der Waals surface area contributed by atoms with Crippen molar-refractivity contribution in [1.29, 1.82) is 0 Å². The Hall–Kier alpha value is -1.16. The Morgan fingerprint density at radius 2 is 2.25 bits per heavy atom. The molecule has 1 aromatic heterocycles. The molecule has 1 amide bonds. The van der Waals surface area contributed by atoms with Gasteiger partial charge in [-0.25, -0.2) is 5.43 Å². The molecule has 2 rings (SSSR count). The van der Waals surface area contributed by atoms with Gasteiger partial charge in [-0.15, -0.1) is 11.3 Å². The lowest BCUT2D eigenvalue weighted by molar-refractivity contribution is -0.125. The highest BCUT2D eigenvalue weighted by atomic mass is 32.1. The molecule has 0 radical (unpaired) electrons. The summed E-state index contributed by atoms with van der Waals surface area (Å²) >= 11 is 1.61. The van der Waals surface area contributed by atoms with E-state index in [-0.39, 0.29) is 11.8 Å². The maximum atomic E-state index is 11.7. The molecule has 0 spiro atoms. The van der Waals surface area contributed by atoms with E-state index in [1.54, 1.807) is 17.6 Å². The molecule has 86 valence electrons. The van der Waals surface area contributed by atoms with Crippen LogP contribution in [0.5, 0.6) is 0 Å². The molecule has 0 aromatic carbocycles. The van der Waals surface area contributed by atoms with Crippen LogP contribution >= 0.6 is 11.3 Å². The fraction of sp³-hybridized carbons (Fsp3) is 0.500. The lowest BCUT2D eigenvalue weighted by Gasteiger charge is -2.19. The van der Waals surface area contributed by atoms with E-state index in [0.29, 0.717) is 0 Å². The number of nitrogens with one attached hydrogen (secondary N) is 1. The van der Waals surface area contributed by atoms with Gasteiger partial charge in [-0.3, -0.25) is 4.79 Å². The van der Waals surface area contributed by atoms with Crippen molar-refractivity contribution in [2.24, 2.45) is 11.0 Å². The van der Waals surface area contributed by atoms with Crippen LogP contribution in [0.2, 0.25) is 0 Å². The second kappa shape index (κ2) is 5.80. The lowest BCUT2D eigenvalue weighted by atomic mass is 9.89. The third-order valence-electron chi connectivity index (χ3n) is 2.89. The number of hydrogen-bond donors (Lipinski definition) is 1. The first-order chi connectivity index (χ1) is 7.86. The van der Waals surface area contributed by atoms with Crippen molar-refractivity contribution in [2.75, 3.05) is 0 Å². The Labute approximate surface area is 99.6 Å². The fourth-order valence-electron chi connectivity index (χ4n) is 1.98. The van der Waals surface area contributed by atoms with E-state index in [2.05, 4.69) is 10.5 Å². The highest BCUT2D eigenvalue weighted by Gasteiger charge is 2.20. The van der Waals surface area contributed by atoms with Gasteiger partial charge in [0.25, 0.3) is 0 Å². The fourth-order valence-corrected chi connectivity index (χ4v) is 2.57. The molecule has 4 heteroatoms. The molecule has 1 aliphatic carbocycles. The van der Waals surface area contributed by atoms with Crippen LogP contribution in [0, 0.1) is 5.92 Å². The summed E-state index contributed by atoms with van der Waals surface area (Å²) in [4.78, 5) is 12.8. The first kappa shape index (κ1) is 11.3. The summed E-state index contributed by atoms with van der Waals surface area (Å²) in [5.74, 6) is 0.252. The summed E-state index contributed by atoms with van der Waals surface area (Å²) in [6, 6.07) is 3.94. The van der Waals surface area contributed by atoms with Gasteiger partial charge in [-0.05, 0) is 24.3 Å². The third kappa shape index (κ3) is 3.17. The maximum Gasteiger partial charge on any atom is 0.243 e. The Kier molecular flexibility index (Phi) is 4.10. The highest BCUT2D eigenvalue weighted by Crippen LogP contribution is 2.23. The Morgan fingerprint density at radius 1 is 1.44 bits per heavy atom. The summed E-state index contributed by atoms with van der Waals surface area (Å²) in [5.41, 5.74) is 2.63. The molecular formula is C12H16N2OS. The van der Waals surface area contributed by atoms with Crippen LogP contribution in [-0.2, 0) is 4.79 Å². The van der Waals surface area contributed by atoms with Crippen molar-refractivity contribution in [1.82, 2.24) is 5.43 Å². The predicted molar refractivity (Wildman–Crippen MR) is 66.6 cm³/mol. The number of amides is 1. The minimum atomic E-state index is 0.0764. The van der Waals surface area contributed by atoms with Gasteiger partial charge in [-0.2, -0.15) is 5.10 Å². The third-order valence-corrected chi connectivity index (χ3v) is 3.69. The van der Waals surface area contributed by atoms with Crippen LogP contribution in [0.25, 0.3) is 0 Å². The van der Waals surface area contributed by atoms with Gasteiger partial charge in [0.05, 0.1) is 6.21 Å². The summed E-state index contributed by atoms with van der Waals surface area (Å²) in [6.45, 7) is 0. The first-order valence-electron chi connectivity index (χ1n) is 5.72. The smallest absolute Gasteiger partial charge is 0.243 e. The zero-order valence-corrected chi connectivity index (χ0v) is 10.0. The summed E-state index contributed by atoms with van der Waals surface area (Å²) in [7, 11) is 0. The van der Waals surface area contributed by atoms with E-state index in [1.807, 2.05) is 17.5 Å². The average Bonchev–Trinajstić information content (AvgIpc) is 2.83. The van der Waals surface area contributed by atoms with E-state index in [4.69, 9.17) is 0 Å². The van der Waals surface area contributed by atoms with Crippen molar-refractivity contribution in [3.63, 3.8) is 0 Å². The molecule has 16 heavy (non-hydrogen) atoms. The Morgan fingerprint density at radius 3 is 2.94 bits per heavy atom. The monoisotopic (exact) mass is 236 g/mol. The van der Waals surface area contributed by atoms with Crippen molar-refractivity contribution < 1.29 is 4.79 Å². The normalized spacial score (nSPS) is 17.8. The average molecular weight is 236 g/mol. The molecule has 3 nitrogen and oxygen atoms in total. The Bertz CT molecular complexity index is 353. The molecule has 0 unspecified atom stereocenters. The molecule has 0 atom stereocenters. The van der Waals surface area contributed by atoms with E-state index in [0.717, 1.165) is 17.7 Å². The minimum absolute atomic E-state index is 0.0764. The number of thiophene rings is 1. The molecule has 0 bridgehead atoms. The second-order valence-electron chi connectivity index (χ2n) is 4.08. The quantitative estimate of drug-likeness (QED) is 0.636. The minimum Gasteiger partial charge on any atom is -0.273 e. The largest absolute Gasteiger partial charge is 0.273 e. The van der Waals surface area contributed by atoms with Gasteiger partial charge in [-0.1, -0.05) is 25.3 Å². The van der Waals surface area contributed by atoms with Crippen LogP contribution in [0.3, 0.4) is 0 Å². The number of carbonyl (C=O) groups is 1. The van der Waals surface area contributed by atoms with Crippen molar-refractivity contribution in [3.05, 3.63) is 22.4 Å². The van der Waals surface area contributed by atoms with Crippen molar-refractivity contribution >= 4 is 23.5 Å². The molecule has 1 aliphatic rings. The summed E-state index contributed by atoms with van der Waals surface area (Å²) in [5, 5.41) is 5.97. The van der Waals surface area contributed by atoms with Crippen molar-refractivity contribution in [3.8, 4) is 0 Å². The van der Waals surface area contributed by atoms with Gasteiger partial charge in [0.1, 0.15) is 0 Å². The van der Waals surface area contributed by atoms with E-state index in [1.165, 1.54) is 19.3 Å². The number of rotatable bonds is 3. The van der Waals surface area contributed by atoms with E-state index >= 15 is 0 Å². The topological polar surface area (TPSA) is 41.5 Å². The van der Waals surface area contributed by atoms with Gasteiger partial charge >= 0.3 is 0 Å². The standard InChI is InChI=1S/C12H16N2OS/c15-12(10-5-2-1-3-6-10)14-13-9-11-7-4-8-16-11/h4,7-10H,1-3,5-6H2,(H,14,15)/b13-9-.